The van der Waals surface area contributed by atoms with Gasteiger partial charge in [-0.25, -0.2) is 9.38 Å². The first-order valence-corrected chi connectivity index (χ1v) is 7.66. The Kier molecular flexibility index (Phi) is 4.57. The average Bonchev–Trinajstić information content (AvgIpc) is 2.56. The van der Waals surface area contributed by atoms with Crippen LogP contribution >= 0.6 is 0 Å². The second-order valence-electron chi connectivity index (χ2n) is 5.84. The van der Waals surface area contributed by atoms with Gasteiger partial charge in [0.15, 0.2) is 5.83 Å². The largest absolute Gasteiger partial charge is 0.383 e. The number of nitrogens with two attached hydrogens (primary N) is 1. The fourth-order valence-electron chi connectivity index (χ4n) is 2.76. The molecule has 1 aromatic rings. The molecule has 2 aliphatic rings. The molecule has 0 spiro atoms. The van der Waals surface area contributed by atoms with Gasteiger partial charge in [-0.3, -0.25) is 15.2 Å². The third kappa shape index (κ3) is 3.56. The molecular formula is C16H18FN7O. The smallest absolute Gasteiger partial charge is 0.263 e. The van der Waals surface area contributed by atoms with Crippen molar-refractivity contribution in [2.24, 2.45) is 10.7 Å². The Hall–Kier alpha value is -3.07. The molecule has 0 unspecified atom stereocenters. The predicted octanol–water partition coefficient (Wildman–Crippen LogP) is 0.640. The van der Waals surface area contributed by atoms with Crippen LogP contribution < -0.4 is 16.4 Å². The zero-order chi connectivity index (χ0) is 18.0. The standard InChI is InChI=1S/C16H18FN7O/c1-24-3-2-11-9(8-24)4-20-7-12(11)23-16(25)13(14(18)19)15-21-5-10(17)6-22-15/h4-7,21H,2-3,8H2,1H3,(H3,18,19)(H,23,25). The molecule has 130 valence electrons. The van der Waals surface area contributed by atoms with Crippen molar-refractivity contribution in [1.82, 2.24) is 15.2 Å². The van der Waals surface area contributed by atoms with Crippen molar-refractivity contribution >= 4 is 23.6 Å². The van der Waals surface area contributed by atoms with Crippen molar-refractivity contribution in [1.29, 1.82) is 5.41 Å². The molecule has 0 aromatic carbocycles. The van der Waals surface area contributed by atoms with E-state index in [0.29, 0.717) is 5.69 Å². The molecule has 25 heavy (non-hydrogen) atoms. The van der Waals surface area contributed by atoms with Crippen molar-refractivity contribution in [3.63, 3.8) is 0 Å². The Morgan fingerprint density at radius 1 is 1.48 bits per heavy atom. The van der Waals surface area contributed by atoms with Crippen LogP contribution in [-0.2, 0) is 17.8 Å². The summed E-state index contributed by atoms with van der Waals surface area (Å²) in [4.78, 5) is 22.7. The first-order valence-electron chi connectivity index (χ1n) is 7.66. The maximum atomic E-state index is 13.0. The van der Waals surface area contributed by atoms with Gasteiger partial charge in [0, 0.05) is 25.5 Å². The van der Waals surface area contributed by atoms with Gasteiger partial charge in [-0.2, -0.15) is 0 Å². The summed E-state index contributed by atoms with van der Waals surface area (Å²) in [6.07, 6.45) is 6.12. The van der Waals surface area contributed by atoms with Crippen molar-refractivity contribution in [2.75, 3.05) is 18.9 Å². The number of allylic oxidation sites excluding steroid dienone is 1. The third-order valence-corrected chi connectivity index (χ3v) is 3.98. The van der Waals surface area contributed by atoms with Crippen LogP contribution in [-0.4, -0.2) is 41.4 Å². The molecule has 1 aromatic heterocycles. The summed E-state index contributed by atoms with van der Waals surface area (Å²) in [7, 11) is 2.02. The highest BCUT2D eigenvalue weighted by Crippen LogP contribution is 2.25. The van der Waals surface area contributed by atoms with E-state index >= 15 is 0 Å². The van der Waals surface area contributed by atoms with Crippen LogP contribution in [0.2, 0.25) is 0 Å². The number of hydrogen-bond acceptors (Lipinski definition) is 6. The molecule has 9 heteroatoms. The SMILES string of the molecule is CN1CCc2c(cncc2NC(=O)C(C(=N)N)=C2N=CC(F)=CN2)C1. The average molecular weight is 343 g/mol. The van der Waals surface area contributed by atoms with Gasteiger partial charge in [0.1, 0.15) is 17.2 Å². The number of rotatable bonds is 3. The topological polar surface area (TPSA) is 119 Å². The first-order chi connectivity index (χ1) is 12.0. The number of nitrogens with one attached hydrogen (secondary N) is 3. The van der Waals surface area contributed by atoms with Gasteiger partial charge in [0.2, 0.25) is 0 Å². The number of fused-ring (bicyclic) bond motifs is 1. The number of carbonyl (C=O) groups is 1. The lowest BCUT2D eigenvalue weighted by Crippen LogP contribution is -2.31. The predicted molar refractivity (Wildman–Crippen MR) is 92.7 cm³/mol. The summed E-state index contributed by atoms with van der Waals surface area (Å²) in [6.45, 7) is 1.62. The molecule has 2 aliphatic heterocycles. The highest BCUT2D eigenvalue weighted by atomic mass is 19.1. The molecule has 3 rings (SSSR count). The molecule has 0 saturated heterocycles. The number of pyridine rings is 1. The van der Waals surface area contributed by atoms with Crippen LogP contribution in [0.1, 0.15) is 11.1 Å². The number of amidine groups is 1. The van der Waals surface area contributed by atoms with Crippen LogP contribution in [0.15, 0.2) is 40.8 Å². The highest BCUT2D eigenvalue weighted by molar-refractivity contribution is 6.24. The molecule has 0 atom stereocenters. The van der Waals surface area contributed by atoms with Gasteiger partial charge >= 0.3 is 0 Å². The maximum absolute atomic E-state index is 13.0. The minimum absolute atomic E-state index is 0.0175. The third-order valence-electron chi connectivity index (χ3n) is 3.98. The fraction of sp³-hybridized carbons (Fsp3) is 0.250. The van der Waals surface area contributed by atoms with Gasteiger partial charge in [0.05, 0.1) is 18.1 Å². The van der Waals surface area contributed by atoms with E-state index in [1.54, 1.807) is 12.4 Å². The normalized spacial score (nSPS) is 18.7. The van der Waals surface area contributed by atoms with E-state index in [9.17, 15) is 9.18 Å². The summed E-state index contributed by atoms with van der Waals surface area (Å²) < 4.78 is 13.0. The monoisotopic (exact) mass is 343 g/mol. The van der Waals surface area contributed by atoms with Crippen LogP contribution in [0.25, 0.3) is 0 Å². The van der Waals surface area contributed by atoms with Crippen molar-refractivity contribution < 1.29 is 9.18 Å². The molecule has 0 saturated carbocycles. The molecule has 1 amide bonds. The lowest BCUT2D eigenvalue weighted by Gasteiger charge is -2.26. The van der Waals surface area contributed by atoms with Crippen molar-refractivity contribution in [3.05, 3.63) is 46.9 Å². The van der Waals surface area contributed by atoms with Gasteiger partial charge < -0.3 is 21.3 Å². The molecule has 0 bridgehead atoms. The molecule has 5 N–H and O–H groups in total. The molecule has 8 nitrogen and oxygen atoms in total. The number of nitrogens with zero attached hydrogens (tertiary/aromatic N) is 3. The summed E-state index contributed by atoms with van der Waals surface area (Å²) in [5, 5.41) is 12.9. The minimum atomic E-state index is -0.600. The summed E-state index contributed by atoms with van der Waals surface area (Å²) in [5.41, 5.74) is 8.00. The number of likely N-dealkylation sites (N-methyl/N-ethyl adjacent to an activating group) is 1. The molecular weight excluding hydrogens is 325 g/mol. The molecule has 3 heterocycles. The van der Waals surface area contributed by atoms with E-state index < -0.39 is 17.6 Å². The van der Waals surface area contributed by atoms with Crippen LogP contribution in [0.4, 0.5) is 10.1 Å². The summed E-state index contributed by atoms with van der Waals surface area (Å²) >= 11 is 0. The zero-order valence-electron chi connectivity index (χ0n) is 13.6. The van der Waals surface area contributed by atoms with E-state index in [1.807, 2.05) is 7.05 Å². The zero-order valence-corrected chi connectivity index (χ0v) is 13.6. The Morgan fingerprint density at radius 2 is 2.28 bits per heavy atom. The summed E-state index contributed by atoms with van der Waals surface area (Å²) in [5.74, 6) is -1.64. The van der Waals surface area contributed by atoms with E-state index in [2.05, 4.69) is 25.5 Å². The van der Waals surface area contributed by atoms with Crippen molar-refractivity contribution in [3.8, 4) is 0 Å². The van der Waals surface area contributed by atoms with Gasteiger partial charge in [-0.15, -0.1) is 0 Å². The molecule has 0 radical (unpaired) electrons. The molecule has 0 fully saturated rings. The Labute approximate surface area is 143 Å². The van der Waals surface area contributed by atoms with E-state index in [-0.39, 0.29) is 11.4 Å². The highest BCUT2D eigenvalue weighted by Gasteiger charge is 2.23. The number of carbonyl (C=O) groups excluding carboxylic acids is 1. The quantitative estimate of drug-likeness (QED) is 0.365. The van der Waals surface area contributed by atoms with Gasteiger partial charge in [-0.1, -0.05) is 0 Å². The number of aromatic nitrogens is 1. The fourth-order valence-corrected chi connectivity index (χ4v) is 2.76. The lowest BCUT2D eigenvalue weighted by atomic mass is 10.0. The van der Waals surface area contributed by atoms with Crippen LogP contribution in [0.3, 0.4) is 0 Å². The molecule has 0 aliphatic carbocycles. The summed E-state index contributed by atoms with van der Waals surface area (Å²) in [6, 6.07) is 0. The minimum Gasteiger partial charge on any atom is -0.383 e. The van der Waals surface area contributed by atoms with E-state index in [1.165, 1.54) is 0 Å². The van der Waals surface area contributed by atoms with Gasteiger partial charge in [-0.05, 0) is 24.6 Å². The van der Waals surface area contributed by atoms with E-state index in [0.717, 1.165) is 43.1 Å². The number of amides is 1. The number of halogens is 1. The van der Waals surface area contributed by atoms with Crippen LogP contribution in [0.5, 0.6) is 0 Å². The van der Waals surface area contributed by atoms with Crippen molar-refractivity contribution in [2.45, 2.75) is 13.0 Å². The van der Waals surface area contributed by atoms with Gasteiger partial charge in [0.25, 0.3) is 5.91 Å². The number of anilines is 1. The maximum Gasteiger partial charge on any atom is 0.263 e. The van der Waals surface area contributed by atoms with E-state index in [4.69, 9.17) is 11.1 Å². The second kappa shape index (κ2) is 6.81. The lowest BCUT2D eigenvalue weighted by molar-refractivity contribution is -0.112. The Balaban J connectivity index is 1.89. The van der Waals surface area contributed by atoms with Crippen LogP contribution in [0, 0.1) is 5.41 Å². The second-order valence-corrected chi connectivity index (χ2v) is 5.84. The number of hydrogen-bond donors (Lipinski definition) is 4. The first kappa shape index (κ1) is 16.8. The number of aliphatic imine (C=N–C) groups is 1. The Bertz CT molecular complexity index is 828. The Morgan fingerprint density at radius 3 is 2.96 bits per heavy atom.